The van der Waals surface area contributed by atoms with Crippen molar-refractivity contribution >= 4 is 39.2 Å². The van der Waals surface area contributed by atoms with E-state index in [9.17, 15) is 31.1 Å². The Morgan fingerprint density at radius 2 is 1.42 bits per heavy atom. The van der Waals surface area contributed by atoms with Gasteiger partial charge in [-0.05, 0) is 75.1 Å². The van der Waals surface area contributed by atoms with Gasteiger partial charge in [-0.3, -0.25) is 0 Å². The van der Waals surface area contributed by atoms with Crippen LogP contribution in [0.5, 0.6) is 17.2 Å². The van der Waals surface area contributed by atoms with E-state index in [4.69, 9.17) is 9.84 Å². The zero-order chi connectivity index (χ0) is 27.9. The minimum absolute atomic E-state index is 0.270. The number of aliphatic carboxylic acids is 1. The predicted octanol–water partition coefficient (Wildman–Crippen LogP) is 7.93. The first-order chi connectivity index (χ1) is 17.8. The van der Waals surface area contributed by atoms with Gasteiger partial charge in [-0.25, -0.2) is 4.79 Å². The molecule has 0 aliphatic heterocycles. The van der Waals surface area contributed by atoms with Crippen molar-refractivity contribution in [1.82, 2.24) is 0 Å². The summed E-state index contributed by atoms with van der Waals surface area (Å²) in [6.45, 7) is -0.522. The standard InChI is InChI=1S/C25H17BrF6O5S/c26-21-13-19(7-8-22(21)35-14-23(33)34)38-10-9-20(15-3-1-5-17(11-15)36-24(27,28)29)16-4-2-6-18(12-16)37-25(30,31)32/h1-9,11-13H,10,14H2,(H,33,34). The second-order valence-corrected chi connectivity index (χ2v) is 9.30. The first-order valence-corrected chi connectivity index (χ1v) is 12.3. The molecule has 3 aromatic rings. The number of halogens is 7. The summed E-state index contributed by atoms with van der Waals surface area (Å²) in [4.78, 5) is 11.4. The van der Waals surface area contributed by atoms with Crippen molar-refractivity contribution in [3.05, 3.63) is 88.4 Å². The molecule has 0 unspecified atom stereocenters. The predicted molar refractivity (Wildman–Crippen MR) is 131 cm³/mol. The van der Waals surface area contributed by atoms with Gasteiger partial charge in [-0.15, -0.1) is 38.1 Å². The number of hydrogen-bond acceptors (Lipinski definition) is 5. The molecule has 0 atom stereocenters. The first-order valence-electron chi connectivity index (χ1n) is 10.5. The molecule has 3 rings (SSSR count). The number of thioether (sulfide) groups is 1. The van der Waals surface area contributed by atoms with Gasteiger partial charge in [-0.1, -0.05) is 30.3 Å². The molecule has 13 heteroatoms. The zero-order valence-electron chi connectivity index (χ0n) is 19.0. The molecule has 0 amide bonds. The fraction of sp³-hybridized carbons (Fsp3) is 0.160. The van der Waals surface area contributed by atoms with E-state index in [1.165, 1.54) is 36.0 Å². The van der Waals surface area contributed by atoms with Crippen LogP contribution >= 0.6 is 27.7 Å². The Balaban J connectivity index is 1.90. The summed E-state index contributed by atoms with van der Waals surface area (Å²) >= 11 is 4.61. The Morgan fingerprint density at radius 3 is 1.89 bits per heavy atom. The summed E-state index contributed by atoms with van der Waals surface area (Å²) < 4.78 is 90.1. The molecule has 0 radical (unpaired) electrons. The van der Waals surface area contributed by atoms with Crippen molar-refractivity contribution in [3.63, 3.8) is 0 Å². The minimum atomic E-state index is -4.92. The maximum absolute atomic E-state index is 12.7. The smallest absolute Gasteiger partial charge is 0.481 e. The second-order valence-electron chi connectivity index (χ2n) is 7.35. The highest BCUT2D eigenvalue weighted by atomic mass is 79.9. The van der Waals surface area contributed by atoms with Crippen LogP contribution in [-0.4, -0.2) is 36.2 Å². The molecule has 0 heterocycles. The van der Waals surface area contributed by atoms with Gasteiger partial charge in [0.05, 0.1) is 4.47 Å². The highest BCUT2D eigenvalue weighted by Crippen LogP contribution is 2.34. The average molecular weight is 623 g/mol. The van der Waals surface area contributed by atoms with E-state index in [2.05, 4.69) is 25.4 Å². The van der Waals surface area contributed by atoms with Crippen LogP contribution in [0.1, 0.15) is 11.1 Å². The molecular formula is C25H17BrF6O5S. The van der Waals surface area contributed by atoms with Crippen LogP contribution in [-0.2, 0) is 4.79 Å². The molecule has 5 nitrogen and oxygen atoms in total. The third-order valence-corrected chi connectivity index (χ3v) is 6.09. The SMILES string of the molecule is O=C(O)COc1ccc(SCC=C(c2cccc(OC(F)(F)F)c2)c2cccc(OC(F)(F)F)c2)cc1Br. The lowest BCUT2D eigenvalue weighted by Crippen LogP contribution is -2.17. The van der Waals surface area contributed by atoms with Crippen LogP contribution in [0, 0.1) is 0 Å². The second kappa shape index (κ2) is 12.5. The minimum Gasteiger partial charge on any atom is -0.481 e. The molecular weight excluding hydrogens is 606 g/mol. The number of carboxylic acid groups (broad SMARTS) is 1. The van der Waals surface area contributed by atoms with E-state index in [1.807, 2.05) is 0 Å². The third kappa shape index (κ3) is 9.53. The van der Waals surface area contributed by atoms with E-state index >= 15 is 0 Å². The molecule has 0 spiro atoms. The average Bonchev–Trinajstić information content (AvgIpc) is 2.79. The van der Waals surface area contributed by atoms with Crippen molar-refractivity contribution in [2.45, 2.75) is 17.6 Å². The van der Waals surface area contributed by atoms with E-state index in [0.29, 0.717) is 15.8 Å². The fourth-order valence-corrected chi connectivity index (χ4v) is 4.63. The molecule has 0 saturated carbocycles. The molecule has 0 aliphatic carbocycles. The Labute approximate surface area is 225 Å². The Morgan fingerprint density at radius 1 is 0.868 bits per heavy atom. The summed E-state index contributed by atoms with van der Waals surface area (Å²) in [5, 5.41) is 8.74. The lowest BCUT2D eigenvalue weighted by molar-refractivity contribution is -0.275. The number of carboxylic acids is 1. The van der Waals surface area contributed by atoms with Crippen molar-refractivity contribution < 1.29 is 50.5 Å². The molecule has 1 N–H and O–H groups in total. The highest BCUT2D eigenvalue weighted by Gasteiger charge is 2.32. The molecule has 0 bridgehead atoms. The summed E-state index contributed by atoms with van der Waals surface area (Å²) in [5.41, 5.74) is 0.892. The van der Waals surface area contributed by atoms with Crippen LogP contribution in [0.25, 0.3) is 5.57 Å². The molecule has 202 valence electrons. The van der Waals surface area contributed by atoms with Crippen LogP contribution in [0.15, 0.2) is 82.2 Å². The lowest BCUT2D eigenvalue weighted by Gasteiger charge is -2.14. The number of hydrogen-bond donors (Lipinski definition) is 1. The normalized spacial score (nSPS) is 11.6. The molecule has 0 aliphatic rings. The van der Waals surface area contributed by atoms with Crippen LogP contribution in [0.3, 0.4) is 0 Å². The van der Waals surface area contributed by atoms with Crippen molar-refractivity contribution in [2.24, 2.45) is 0 Å². The van der Waals surface area contributed by atoms with Crippen molar-refractivity contribution in [2.75, 3.05) is 12.4 Å². The van der Waals surface area contributed by atoms with Gasteiger partial charge >= 0.3 is 18.7 Å². The van der Waals surface area contributed by atoms with Gasteiger partial charge in [0.1, 0.15) is 17.2 Å². The summed E-state index contributed by atoms with van der Waals surface area (Å²) in [5.74, 6) is -1.53. The van der Waals surface area contributed by atoms with E-state index in [0.717, 1.165) is 29.2 Å². The Kier molecular flexibility index (Phi) is 9.60. The molecule has 0 aromatic heterocycles. The highest BCUT2D eigenvalue weighted by molar-refractivity contribution is 9.10. The van der Waals surface area contributed by atoms with Crippen LogP contribution in [0.2, 0.25) is 0 Å². The van der Waals surface area contributed by atoms with E-state index in [1.54, 1.807) is 24.3 Å². The van der Waals surface area contributed by atoms with Crippen LogP contribution < -0.4 is 14.2 Å². The zero-order valence-corrected chi connectivity index (χ0v) is 21.4. The van der Waals surface area contributed by atoms with Gasteiger partial charge < -0.3 is 19.3 Å². The number of ether oxygens (including phenoxy) is 3. The maximum atomic E-state index is 12.7. The van der Waals surface area contributed by atoms with E-state index < -0.39 is 36.8 Å². The van der Waals surface area contributed by atoms with Gasteiger partial charge in [0.25, 0.3) is 0 Å². The summed E-state index contributed by atoms with van der Waals surface area (Å²) in [6, 6.07) is 15.1. The number of rotatable bonds is 10. The largest absolute Gasteiger partial charge is 0.573 e. The summed E-state index contributed by atoms with van der Waals surface area (Å²) in [7, 11) is 0. The molecule has 0 fully saturated rings. The monoisotopic (exact) mass is 622 g/mol. The van der Waals surface area contributed by atoms with Crippen molar-refractivity contribution in [1.29, 1.82) is 0 Å². The van der Waals surface area contributed by atoms with E-state index in [-0.39, 0.29) is 16.9 Å². The Hall–Kier alpha value is -3.32. The quantitative estimate of drug-likeness (QED) is 0.183. The number of benzene rings is 3. The van der Waals surface area contributed by atoms with Crippen LogP contribution in [0.4, 0.5) is 26.3 Å². The maximum Gasteiger partial charge on any atom is 0.573 e. The first kappa shape index (κ1) is 29.2. The topological polar surface area (TPSA) is 65.0 Å². The number of carbonyl (C=O) groups is 1. The van der Waals surface area contributed by atoms with Crippen molar-refractivity contribution in [3.8, 4) is 17.2 Å². The molecule has 38 heavy (non-hydrogen) atoms. The lowest BCUT2D eigenvalue weighted by atomic mass is 9.97. The van der Waals surface area contributed by atoms with Gasteiger partial charge in [0, 0.05) is 10.6 Å². The van der Waals surface area contributed by atoms with Gasteiger partial charge in [-0.2, -0.15) is 0 Å². The molecule has 3 aromatic carbocycles. The third-order valence-electron chi connectivity index (χ3n) is 4.55. The van der Waals surface area contributed by atoms with Gasteiger partial charge in [0.2, 0.25) is 0 Å². The summed E-state index contributed by atoms with van der Waals surface area (Å²) in [6.07, 6.45) is -8.20. The fourth-order valence-electron chi connectivity index (χ4n) is 3.17. The Bertz CT molecular complexity index is 1250. The molecule has 0 saturated heterocycles. The van der Waals surface area contributed by atoms with Gasteiger partial charge in [0.15, 0.2) is 6.61 Å². The number of alkyl halides is 6.